The minimum absolute atomic E-state index is 0.118. The first-order valence-corrected chi connectivity index (χ1v) is 9.83. The van der Waals surface area contributed by atoms with Crippen molar-refractivity contribution in [1.82, 2.24) is 16.0 Å². The first kappa shape index (κ1) is 27.0. The fourth-order valence-electron chi connectivity index (χ4n) is 2.72. The fraction of sp³-hybridized carbons (Fsp3) is 0.400. The van der Waals surface area contributed by atoms with Gasteiger partial charge in [0, 0.05) is 6.42 Å². The molecule has 0 aliphatic heterocycles. The molecule has 0 spiro atoms. The zero-order valence-corrected chi connectivity index (χ0v) is 17.5. The lowest BCUT2D eigenvalue weighted by atomic mass is 10.0. The van der Waals surface area contributed by atoms with Gasteiger partial charge in [-0.15, -0.1) is 0 Å². The van der Waals surface area contributed by atoms with Gasteiger partial charge < -0.3 is 37.0 Å². The maximum atomic E-state index is 12.6. The van der Waals surface area contributed by atoms with Gasteiger partial charge in [-0.3, -0.25) is 28.8 Å². The quantitative estimate of drug-likeness (QED) is 0.161. The van der Waals surface area contributed by atoms with E-state index >= 15 is 0 Å². The molecule has 8 N–H and O–H groups in total. The molecule has 0 saturated carbocycles. The number of nitrogens with two attached hydrogens (primary N) is 1. The van der Waals surface area contributed by atoms with Crippen LogP contribution in [0.1, 0.15) is 24.8 Å². The summed E-state index contributed by atoms with van der Waals surface area (Å²) < 4.78 is 0. The molecule has 0 bridgehead atoms. The molecule has 33 heavy (non-hydrogen) atoms. The first-order valence-electron chi connectivity index (χ1n) is 9.83. The van der Waals surface area contributed by atoms with E-state index in [1.165, 1.54) is 0 Å². The van der Waals surface area contributed by atoms with Crippen molar-refractivity contribution in [3.05, 3.63) is 35.9 Å². The molecule has 0 radical (unpaired) electrons. The summed E-state index contributed by atoms with van der Waals surface area (Å²) in [5.41, 5.74) is 6.59. The Morgan fingerprint density at radius 2 is 1.39 bits per heavy atom. The zero-order chi connectivity index (χ0) is 25.0. The smallest absolute Gasteiger partial charge is 0.322 e. The zero-order valence-electron chi connectivity index (χ0n) is 17.5. The second kappa shape index (κ2) is 13.4. The highest BCUT2D eigenvalue weighted by Gasteiger charge is 2.30. The number of carbonyl (C=O) groups is 6. The predicted molar refractivity (Wildman–Crippen MR) is 112 cm³/mol. The molecule has 0 fully saturated rings. The lowest BCUT2D eigenvalue weighted by Crippen LogP contribution is -2.56. The Hall–Kier alpha value is -4.00. The molecule has 0 heterocycles. The van der Waals surface area contributed by atoms with E-state index in [0.717, 1.165) is 5.56 Å². The highest BCUT2D eigenvalue weighted by atomic mass is 16.4. The van der Waals surface area contributed by atoms with Gasteiger partial charge in [0.15, 0.2) is 0 Å². The number of rotatable bonds is 14. The van der Waals surface area contributed by atoms with Crippen molar-refractivity contribution in [2.24, 2.45) is 5.73 Å². The molecule has 13 nitrogen and oxygen atoms in total. The average molecular weight is 466 g/mol. The topological polar surface area (TPSA) is 225 Å². The summed E-state index contributed by atoms with van der Waals surface area (Å²) >= 11 is 0. The fourth-order valence-corrected chi connectivity index (χ4v) is 2.72. The Morgan fingerprint density at radius 3 is 1.94 bits per heavy atom. The first-order chi connectivity index (χ1) is 15.5. The summed E-state index contributed by atoms with van der Waals surface area (Å²) in [6.07, 6.45) is -1.65. The Labute approximate surface area is 188 Å². The van der Waals surface area contributed by atoms with Crippen LogP contribution in [-0.4, -0.2) is 75.6 Å². The normalized spacial score (nSPS) is 13.1. The van der Waals surface area contributed by atoms with Crippen LogP contribution < -0.4 is 21.7 Å². The largest absolute Gasteiger partial charge is 0.481 e. The van der Waals surface area contributed by atoms with E-state index < -0.39 is 79.6 Å². The maximum absolute atomic E-state index is 12.6. The molecule has 0 saturated heterocycles. The lowest BCUT2D eigenvalue weighted by molar-refractivity contribution is -0.142. The number of aliphatic carboxylic acids is 3. The minimum Gasteiger partial charge on any atom is -0.481 e. The van der Waals surface area contributed by atoms with E-state index in [4.69, 9.17) is 21.1 Å². The van der Waals surface area contributed by atoms with Crippen LogP contribution in [0.15, 0.2) is 30.3 Å². The maximum Gasteiger partial charge on any atom is 0.322 e. The Morgan fingerprint density at radius 1 is 0.788 bits per heavy atom. The van der Waals surface area contributed by atoms with Gasteiger partial charge in [0.05, 0.1) is 12.5 Å². The molecule has 3 amide bonds. The van der Waals surface area contributed by atoms with Crippen molar-refractivity contribution in [3.8, 4) is 0 Å². The van der Waals surface area contributed by atoms with E-state index in [1.54, 1.807) is 30.3 Å². The van der Waals surface area contributed by atoms with Crippen LogP contribution in [0.2, 0.25) is 0 Å². The lowest BCUT2D eigenvalue weighted by Gasteiger charge is -2.23. The van der Waals surface area contributed by atoms with Crippen molar-refractivity contribution in [2.75, 3.05) is 6.54 Å². The van der Waals surface area contributed by atoms with Crippen LogP contribution in [0, 0.1) is 0 Å². The number of carbonyl (C=O) groups excluding carboxylic acids is 3. The molecule has 0 aliphatic carbocycles. The number of hydrogen-bond donors (Lipinski definition) is 7. The van der Waals surface area contributed by atoms with Gasteiger partial charge in [0.2, 0.25) is 17.7 Å². The molecular weight excluding hydrogens is 440 g/mol. The van der Waals surface area contributed by atoms with Crippen LogP contribution >= 0.6 is 0 Å². The highest BCUT2D eigenvalue weighted by Crippen LogP contribution is 2.04. The number of nitrogens with one attached hydrogen (secondary N) is 3. The summed E-state index contributed by atoms with van der Waals surface area (Å²) in [6.45, 7) is -0.776. The molecule has 3 atom stereocenters. The summed E-state index contributed by atoms with van der Waals surface area (Å²) in [5, 5.41) is 33.0. The standard InChI is InChI=1S/C20H26N4O9/c21-12(8-11-4-2-1-3-5-11)18(31)24-14(9-16(27)28)20(33)23-13(6-7-15(25)26)19(32)22-10-17(29)30/h1-5,12-14H,6-10,21H2,(H,22,32)(H,23,33)(H,24,31)(H,25,26)(H,27,28)(H,29,30). The second-order valence-corrected chi connectivity index (χ2v) is 7.06. The van der Waals surface area contributed by atoms with E-state index in [1.807, 2.05) is 5.32 Å². The molecule has 1 rings (SSSR count). The molecule has 3 unspecified atom stereocenters. The molecule has 0 aliphatic rings. The van der Waals surface area contributed by atoms with Gasteiger partial charge in [0.1, 0.15) is 18.6 Å². The SMILES string of the molecule is NC(Cc1ccccc1)C(=O)NC(CC(=O)O)C(=O)NC(CCC(=O)O)C(=O)NCC(=O)O. The predicted octanol–water partition coefficient (Wildman–Crippen LogP) is -1.93. The van der Waals surface area contributed by atoms with Crippen LogP contribution in [-0.2, 0) is 35.2 Å². The third kappa shape index (κ3) is 10.7. The Balaban J connectivity index is 2.88. The van der Waals surface area contributed by atoms with Gasteiger partial charge in [-0.25, -0.2) is 0 Å². The van der Waals surface area contributed by atoms with E-state index in [9.17, 15) is 28.8 Å². The van der Waals surface area contributed by atoms with Gasteiger partial charge in [-0.2, -0.15) is 0 Å². The van der Waals surface area contributed by atoms with E-state index in [2.05, 4.69) is 10.6 Å². The van der Waals surface area contributed by atoms with Crippen molar-refractivity contribution >= 4 is 35.6 Å². The number of carboxylic acid groups (broad SMARTS) is 3. The van der Waals surface area contributed by atoms with E-state index in [-0.39, 0.29) is 6.42 Å². The molecule has 180 valence electrons. The van der Waals surface area contributed by atoms with Crippen molar-refractivity contribution in [3.63, 3.8) is 0 Å². The summed E-state index contributed by atoms with van der Waals surface area (Å²) in [5.74, 6) is -6.92. The summed E-state index contributed by atoms with van der Waals surface area (Å²) in [6, 6.07) is 4.54. The van der Waals surface area contributed by atoms with Crippen LogP contribution in [0.3, 0.4) is 0 Å². The van der Waals surface area contributed by atoms with E-state index in [0.29, 0.717) is 0 Å². The molecule has 0 aromatic heterocycles. The minimum atomic E-state index is -1.61. The van der Waals surface area contributed by atoms with Crippen LogP contribution in [0.25, 0.3) is 0 Å². The third-order valence-electron chi connectivity index (χ3n) is 4.34. The third-order valence-corrected chi connectivity index (χ3v) is 4.34. The van der Waals surface area contributed by atoms with Crippen LogP contribution in [0.5, 0.6) is 0 Å². The highest BCUT2D eigenvalue weighted by molar-refractivity contribution is 5.95. The van der Waals surface area contributed by atoms with Crippen molar-refractivity contribution in [2.45, 2.75) is 43.8 Å². The van der Waals surface area contributed by atoms with Crippen LogP contribution in [0.4, 0.5) is 0 Å². The second-order valence-electron chi connectivity index (χ2n) is 7.06. The van der Waals surface area contributed by atoms with Crippen molar-refractivity contribution < 1.29 is 44.1 Å². The Kier molecular flexibility index (Phi) is 11.0. The van der Waals surface area contributed by atoms with Gasteiger partial charge in [-0.1, -0.05) is 30.3 Å². The molecule has 13 heteroatoms. The molecule has 1 aromatic rings. The number of benzene rings is 1. The van der Waals surface area contributed by atoms with Gasteiger partial charge in [0.25, 0.3) is 0 Å². The number of carboxylic acids is 3. The average Bonchev–Trinajstić information content (AvgIpc) is 2.74. The molecule has 1 aromatic carbocycles. The van der Waals surface area contributed by atoms with Gasteiger partial charge >= 0.3 is 17.9 Å². The number of amides is 3. The summed E-state index contributed by atoms with van der Waals surface area (Å²) in [4.78, 5) is 69.9. The van der Waals surface area contributed by atoms with Crippen molar-refractivity contribution in [1.29, 1.82) is 0 Å². The number of hydrogen-bond acceptors (Lipinski definition) is 7. The summed E-state index contributed by atoms with van der Waals surface area (Å²) in [7, 11) is 0. The monoisotopic (exact) mass is 466 g/mol. The Bertz CT molecular complexity index is 876. The molecular formula is C20H26N4O9. The van der Waals surface area contributed by atoms with Gasteiger partial charge in [-0.05, 0) is 18.4 Å².